The smallest absolute Gasteiger partial charge is 0.299 e. The molecule has 0 aromatic heterocycles. The molecule has 0 N–H and O–H groups in total. The van der Waals surface area contributed by atoms with Gasteiger partial charge in [0.15, 0.2) is 5.78 Å². The minimum atomic E-state index is -4.54. The summed E-state index contributed by atoms with van der Waals surface area (Å²) < 4.78 is 39.2. The largest absolute Gasteiger partial charge is 0.416 e. The van der Waals surface area contributed by atoms with E-state index in [2.05, 4.69) is 6.07 Å². The van der Waals surface area contributed by atoms with E-state index < -0.39 is 23.5 Å². The van der Waals surface area contributed by atoms with Gasteiger partial charge in [-0.25, -0.2) is 0 Å². The predicted octanol–water partition coefficient (Wildman–Crippen LogP) is 5.86. The van der Waals surface area contributed by atoms with Crippen molar-refractivity contribution < 1.29 is 27.6 Å². The molecule has 2 aliphatic carbocycles. The third-order valence-electron chi connectivity index (χ3n) is 6.73. The van der Waals surface area contributed by atoms with Crippen LogP contribution in [0.2, 0.25) is 0 Å². The average Bonchev–Trinajstić information content (AvgIpc) is 2.80. The zero-order chi connectivity index (χ0) is 25.2. The fourth-order valence-corrected chi connectivity index (χ4v) is 4.79. The van der Waals surface area contributed by atoms with E-state index in [0.717, 1.165) is 41.7 Å². The Hall–Kier alpha value is -3.28. The minimum absolute atomic E-state index is 0.0689. The molecule has 0 radical (unpaired) electrons. The summed E-state index contributed by atoms with van der Waals surface area (Å²) >= 11 is 0. The number of hydrogen-bond acceptors (Lipinski definition) is 3. The molecule has 1 unspecified atom stereocenters. The number of aryl methyl sites for hydroxylation is 1. The highest BCUT2D eigenvalue weighted by atomic mass is 19.4. The molecule has 3 nitrogen and oxygen atoms in total. The van der Waals surface area contributed by atoms with Crippen molar-refractivity contribution in [2.24, 2.45) is 5.92 Å². The second-order valence-corrected chi connectivity index (χ2v) is 9.42. The molecule has 1 atom stereocenters. The van der Waals surface area contributed by atoms with Crippen LogP contribution in [-0.4, -0.2) is 23.5 Å². The Morgan fingerprint density at radius 2 is 1.71 bits per heavy atom. The van der Waals surface area contributed by atoms with Crippen LogP contribution in [0.15, 0.2) is 65.8 Å². The molecule has 2 aliphatic rings. The van der Waals surface area contributed by atoms with Crippen LogP contribution < -0.4 is 0 Å². The van der Waals surface area contributed by atoms with Crippen molar-refractivity contribution in [1.82, 2.24) is 0 Å². The molecule has 0 fully saturated rings. The average molecular weight is 481 g/mol. The van der Waals surface area contributed by atoms with E-state index in [1.54, 1.807) is 0 Å². The van der Waals surface area contributed by atoms with E-state index in [0.29, 0.717) is 19.3 Å². The minimum Gasteiger partial charge on any atom is -0.299 e. The van der Waals surface area contributed by atoms with Crippen LogP contribution in [0.4, 0.5) is 13.2 Å². The van der Waals surface area contributed by atoms with Gasteiger partial charge in [-0.15, -0.1) is 0 Å². The number of benzene rings is 2. The number of Topliss-reactive ketones (excluding diaryl/α,β-unsaturated/α-hetero) is 3. The first-order valence-corrected chi connectivity index (χ1v) is 11.8. The lowest BCUT2D eigenvalue weighted by atomic mass is 9.85. The SMILES string of the molecule is CC1C=C(C(F)(F)F)C=C(CC(=O)CCc2ccc(Cc3cccc4c3CCC(=O)C4)cc2)C1=O. The van der Waals surface area contributed by atoms with Gasteiger partial charge in [-0.1, -0.05) is 55.5 Å². The van der Waals surface area contributed by atoms with Crippen LogP contribution in [0.25, 0.3) is 0 Å². The highest BCUT2D eigenvalue weighted by Crippen LogP contribution is 2.33. The molecular formula is C29H27F3O3. The molecule has 35 heavy (non-hydrogen) atoms. The van der Waals surface area contributed by atoms with Gasteiger partial charge < -0.3 is 0 Å². The summed E-state index contributed by atoms with van der Waals surface area (Å²) in [7, 11) is 0. The summed E-state index contributed by atoms with van der Waals surface area (Å²) in [5.41, 5.74) is 4.76. The Balaban J connectivity index is 1.34. The topological polar surface area (TPSA) is 51.2 Å². The maximum atomic E-state index is 13.1. The second-order valence-electron chi connectivity index (χ2n) is 9.42. The van der Waals surface area contributed by atoms with Crippen LogP contribution in [0.5, 0.6) is 0 Å². The van der Waals surface area contributed by atoms with E-state index in [1.165, 1.54) is 18.1 Å². The van der Waals surface area contributed by atoms with Crippen molar-refractivity contribution in [2.45, 2.75) is 58.0 Å². The molecule has 0 saturated heterocycles. The van der Waals surface area contributed by atoms with E-state index >= 15 is 0 Å². The van der Waals surface area contributed by atoms with Gasteiger partial charge >= 0.3 is 6.18 Å². The molecule has 0 saturated carbocycles. The lowest BCUT2D eigenvalue weighted by molar-refractivity contribution is -0.122. The van der Waals surface area contributed by atoms with Gasteiger partial charge in [-0.05, 0) is 53.2 Å². The predicted molar refractivity (Wildman–Crippen MR) is 127 cm³/mol. The number of hydrogen-bond donors (Lipinski definition) is 0. The Bertz CT molecular complexity index is 1220. The van der Waals surface area contributed by atoms with Crippen LogP contribution >= 0.6 is 0 Å². The molecule has 182 valence electrons. The van der Waals surface area contributed by atoms with E-state index in [9.17, 15) is 27.6 Å². The number of fused-ring (bicyclic) bond motifs is 1. The Morgan fingerprint density at radius 3 is 2.43 bits per heavy atom. The van der Waals surface area contributed by atoms with Crippen molar-refractivity contribution in [2.75, 3.05) is 0 Å². The summed E-state index contributed by atoms with van der Waals surface area (Å²) in [5, 5.41) is 0. The van der Waals surface area contributed by atoms with Gasteiger partial charge in [0.05, 0.1) is 5.57 Å². The number of carbonyl (C=O) groups is 3. The van der Waals surface area contributed by atoms with Crippen molar-refractivity contribution in [3.63, 3.8) is 0 Å². The van der Waals surface area contributed by atoms with Crippen molar-refractivity contribution in [3.05, 3.63) is 93.6 Å². The third kappa shape index (κ3) is 6.05. The van der Waals surface area contributed by atoms with Gasteiger partial charge in [0.2, 0.25) is 0 Å². The second kappa shape index (κ2) is 10.1. The lowest BCUT2D eigenvalue weighted by Gasteiger charge is -2.19. The van der Waals surface area contributed by atoms with E-state index in [4.69, 9.17) is 0 Å². The number of rotatable bonds is 7. The van der Waals surface area contributed by atoms with Crippen LogP contribution in [0.3, 0.4) is 0 Å². The van der Waals surface area contributed by atoms with Gasteiger partial charge in [0.25, 0.3) is 0 Å². The van der Waals surface area contributed by atoms with E-state index in [-0.39, 0.29) is 30.0 Å². The fraction of sp³-hybridized carbons (Fsp3) is 0.345. The van der Waals surface area contributed by atoms with Gasteiger partial charge in [-0.2, -0.15) is 13.2 Å². The number of allylic oxidation sites excluding steroid dienone is 4. The molecule has 0 bridgehead atoms. The van der Waals surface area contributed by atoms with Gasteiger partial charge in [-0.3, -0.25) is 14.4 Å². The lowest BCUT2D eigenvalue weighted by Crippen LogP contribution is -2.23. The number of ketones is 3. The Labute approximate surface area is 202 Å². The third-order valence-corrected chi connectivity index (χ3v) is 6.73. The molecule has 0 amide bonds. The first kappa shape index (κ1) is 24.8. The molecule has 0 spiro atoms. The number of alkyl halides is 3. The highest BCUT2D eigenvalue weighted by Gasteiger charge is 2.36. The normalized spacial score (nSPS) is 18.1. The maximum absolute atomic E-state index is 13.1. The first-order valence-electron chi connectivity index (χ1n) is 11.8. The summed E-state index contributed by atoms with van der Waals surface area (Å²) in [6.45, 7) is 1.41. The molecular weight excluding hydrogens is 453 g/mol. The first-order chi connectivity index (χ1) is 16.6. The van der Waals surface area contributed by atoms with Crippen LogP contribution in [-0.2, 0) is 40.1 Å². The van der Waals surface area contributed by atoms with Crippen LogP contribution in [0, 0.1) is 5.92 Å². The summed E-state index contributed by atoms with van der Waals surface area (Å²) in [5.74, 6) is -1.29. The van der Waals surface area contributed by atoms with Gasteiger partial charge in [0, 0.05) is 37.2 Å². The quantitative estimate of drug-likeness (QED) is 0.499. The maximum Gasteiger partial charge on any atom is 0.416 e. The molecule has 2 aromatic rings. The fourth-order valence-electron chi connectivity index (χ4n) is 4.79. The zero-order valence-corrected chi connectivity index (χ0v) is 19.6. The Kier molecular flexibility index (Phi) is 7.20. The number of halogens is 3. The summed E-state index contributed by atoms with van der Waals surface area (Å²) in [6, 6.07) is 14.1. The molecule has 2 aromatic carbocycles. The summed E-state index contributed by atoms with van der Waals surface area (Å²) in [6.07, 6.45) is 0.151. The van der Waals surface area contributed by atoms with Crippen LogP contribution in [0.1, 0.15) is 54.0 Å². The van der Waals surface area contributed by atoms with Crippen molar-refractivity contribution in [3.8, 4) is 0 Å². The molecule has 6 heteroatoms. The summed E-state index contributed by atoms with van der Waals surface area (Å²) in [4.78, 5) is 36.4. The van der Waals surface area contributed by atoms with E-state index in [1.807, 2.05) is 36.4 Å². The standard InChI is InChI=1S/C29H27F3O3/c1-18-13-24(29(30,31)32)15-23(28(18)35)17-25(33)10-9-19-5-7-20(8-6-19)14-21-3-2-4-22-16-26(34)11-12-27(21)22/h2-8,13,15,18H,9-12,14,16-17H2,1H3. The van der Waals surface area contributed by atoms with Gasteiger partial charge in [0.1, 0.15) is 11.6 Å². The van der Waals surface area contributed by atoms with Crippen molar-refractivity contribution in [1.29, 1.82) is 0 Å². The molecule has 0 aliphatic heterocycles. The van der Waals surface area contributed by atoms with Crippen molar-refractivity contribution >= 4 is 17.3 Å². The highest BCUT2D eigenvalue weighted by molar-refractivity contribution is 6.04. The molecule has 4 rings (SSSR count). The molecule has 0 heterocycles. The monoisotopic (exact) mass is 480 g/mol. The Morgan fingerprint density at radius 1 is 1.00 bits per heavy atom. The number of carbonyl (C=O) groups excluding carboxylic acids is 3. The zero-order valence-electron chi connectivity index (χ0n) is 19.6.